The van der Waals surface area contributed by atoms with E-state index < -0.39 is 10.0 Å². The minimum atomic E-state index is -3.82. The number of nitrogens with one attached hydrogen (secondary N) is 1. The number of nitrogens with two attached hydrogens (primary N) is 1. The maximum absolute atomic E-state index is 12.1. The summed E-state index contributed by atoms with van der Waals surface area (Å²) in [6.45, 7) is 1.86. The lowest BCUT2D eigenvalue weighted by molar-refractivity contribution is -0.119. The van der Waals surface area contributed by atoms with Gasteiger partial charge in [0.2, 0.25) is 15.9 Å². The van der Waals surface area contributed by atoms with E-state index in [0.717, 1.165) is 12.8 Å². The molecular weight excluding hydrogens is 280 g/mol. The molecule has 0 saturated heterocycles. The van der Waals surface area contributed by atoms with E-state index in [9.17, 15) is 13.2 Å². The maximum Gasteiger partial charge on any atom is 0.238 e. The molecule has 1 saturated carbocycles. The van der Waals surface area contributed by atoms with Gasteiger partial charge in [0.25, 0.3) is 0 Å². The molecule has 2 rings (SSSR count). The Morgan fingerprint density at radius 2 is 2.10 bits per heavy atom. The highest BCUT2D eigenvalue weighted by Gasteiger charge is 2.32. The van der Waals surface area contributed by atoms with E-state index in [-0.39, 0.29) is 16.7 Å². The summed E-state index contributed by atoms with van der Waals surface area (Å²) in [5, 5.41) is 7.80. The third-order valence-corrected chi connectivity index (χ3v) is 4.41. The van der Waals surface area contributed by atoms with Gasteiger partial charge < -0.3 is 10.1 Å². The molecule has 110 valence electrons. The standard InChI is InChI=1S/C13H18N2O4S/c1-8(9-3-4-9)13(16)15-11-7-10(20(14,17)18)5-6-12(11)19-2/h5-9H,3-4H2,1-2H3,(H,15,16)(H2,14,17,18). The number of hydrogen-bond donors (Lipinski definition) is 2. The van der Waals surface area contributed by atoms with Crippen LogP contribution in [0.1, 0.15) is 19.8 Å². The second kappa shape index (κ2) is 5.41. The topological polar surface area (TPSA) is 98.5 Å². The average molecular weight is 298 g/mol. The summed E-state index contributed by atoms with van der Waals surface area (Å²) in [7, 11) is -2.37. The fourth-order valence-electron chi connectivity index (χ4n) is 2.02. The molecule has 20 heavy (non-hydrogen) atoms. The third-order valence-electron chi connectivity index (χ3n) is 3.50. The van der Waals surface area contributed by atoms with Crippen molar-refractivity contribution in [2.75, 3.05) is 12.4 Å². The van der Waals surface area contributed by atoms with Crippen LogP contribution in [0.5, 0.6) is 5.75 Å². The van der Waals surface area contributed by atoms with Crippen LogP contribution in [0.3, 0.4) is 0 Å². The number of primary sulfonamides is 1. The maximum atomic E-state index is 12.1. The summed E-state index contributed by atoms with van der Waals surface area (Å²) in [4.78, 5) is 12.0. The molecule has 1 atom stereocenters. The van der Waals surface area contributed by atoms with Crippen molar-refractivity contribution in [3.63, 3.8) is 0 Å². The largest absolute Gasteiger partial charge is 0.495 e. The van der Waals surface area contributed by atoms with Gasteiger partial charge in [-0.3, -0.25) is 4.79 Å². The van der Waals surface area contributed by atoms with Crippen LogP contribution in [0, 0.1) is 11.8 Å². The highest BCUT2D eigenvalue weighted by Crippen LogP contribution is 2.37. The Labute approximate surface area is 118 Å². The van der Waals surface area contributed by atoms with Crippen molar-refractivity contribution in [3.05, 3.63) is 18.2 Å². The minimum Gasteiger partial charge on any atom is -0.495 e. The Balaban J connectivity index is 2.26. The normalized spacial score (nSPS) is 16.6. The zero-order chi connectivity index (χ0) is 14.9. The number of anilines is 1. The molecule has 0 radical (unpaired) electrons. The number of sulfonamides is 1. The lowest BCUT2D eigenvalue weighted by Crippen LogP contribution is -2.22. The first kappa shape index (κ1) is 14.8. The number of rotatable bonds is 5. The van der Waals surface area contributed by atoms with Gasteiger partial charge in [0.05, 0.1) is 17.7 Å². The molecule has 6 nitrogen and oxygen atoms in total. The van der Waals surface area contributed by atoms with Gasteiger partial charge >= 0.3 is 0 Å². The van der Waals surface area contributed by atoms with E-state index in [1.165, 1.54) is 25.3 Å². The number of hydrogen-bond acceptors (Lipinski definition) is 4. The van der Waals surface area contributed by atoms with Crippen LogP contribution in [-0.2, 0) is 14.8 Å². The monoisotopic (exact) mass is 298 g/mol. The van der Waals surface area contributed by atoms with E-state index in [1.807, 2.05) is 6.92 Å². The van der Waals surface area contributed by atoms with Crippen LogP contribution in [0.15, 0.2) is 23.1 Å². The van der Waals surface area contributed by atoms with Gasteiger partial charge in [-0.2, -0.15) is 0 Å². The summed E-state index contributed by atoms with van der Waals surface area (Å²) in [6, 6.07) is 4.12. The number of benzene rings is 1. The van der Waals surface area contributed by atoms with Crippen molar-refractivity contribution in [1.29, 1.82) is 0 Å². The van der Waals surface area contributed by atoms with Crippen LogP contribution in [-0.4, -0.2) is 21.4 Å². The first-order valence-electron chi connectivity index (χ1n) is 6.34. The highest BCUT2D eigenvalue weighted by atomic mass is 32.2. The van der Waals surface area contributed by atoms with E-state index in [0.29, 0.717) is 17.4 Å². The van der Waals surface area contributed by atoms with E-state index >= 15 is 0 Å². The molecule has 0 aromatic heterocycles. The van der Waals surface area contributed by atoms with Gasteiger partial charge in [0.15, 0.2) is 0 Å². The van der Waals surface area contributed by atoms with Gasteiger partial charge in [-0.25, -0.2) is 13.6 Å². The molecule has 1 aromatic rings. The molecule has 1 aromatic carbocycles. The summed E-state index contributed by atoms with van der Waals surface area (Å²) < 4.78 is 27.8. The molecule has 1 amide bonds. The Hall–Kier alpha value is -1.60. The predicted molar refractivity (Wildman–Crippen MR) is 74.9 cm³/mol. The zero-order valence-electron chi connectivity index (χ0n) is 11.4. The van der Waals surface area contributed by atoms with Crippen molar-refractivity contribution < 1.29 is 17.9 Å². The lowest BCUT2D eigenvalue weighted by atomic mass is 10.1. The highest BCUT2D eigenvalue weighted by molar-refractivity contribution is 7.89. The van der Waals surface area contributed by atoms with Crippen molar-refractivity contribution in [3.8, 4) is 5.75 Å². The molecule has 1 aliphatic rings. The summed E-state index contributed by atoms with van der Waals surface area (Å²) >= 11 is 0. The Morgan fingerprint density at radius 1 is 1.45 bits per heavy atom. The Bertz CT molecular complexity index is 623. The molecule has 0 aliphatic heterocycles. The first-order chi connectivity index (χ1) is 9.32. The first-order valence-corrected chi connectivity index (χ1v) is 7.89. The van der Waals surface area contributed by atoms with Gasteiger partial charge in [-0.15, -0.1) is 0 Å². The van der Waals surface area contributed by atoms with E-state index in [1.54, 1.807) is 0 Å². The van der Waals surface area contributed by atoms with E-state index in [4.69, 9.17) is 9.88 Å². The van der Waals surface area contributed by atoms with Gasteiger partial charge in [-0.1, -0.05) is 6.92 Å². The lowest BCUT2D eigenvalue weighted by Gasteiger charge is -2.14. The molecular formula is C13H18N2O4S. The van der Waals surface area contributed by atoms with E-state index in [2.05, 4.69) is 5.32 Å². The molecule has 3 N–H and O–H groups in total. The van der Waals surface area contributed by atoms with Crippen LogP contribution in [0.25, 0.3) is 0 Å². The third kappa shape index (κ3) is 3.29. The van der Waals surface area contributed by atoms with Crippen LogP contribution in [0.4, 0.5) is 5.69 Å². The van der Waals surface area contributed by atoms with Gasteiger partial charge in [0.1, 0.15) is 5.75 Å². The molecule has 1 unspecified atom stereocenters. The molecule has 0 bridgehead atoms. The number of ether oxygens (including phenoxy) is 1. The van der Waals surface area contributed by atoms with Gasteiger partial charge in [-0.05, 0) is 37.0 Å². The fraction of sp³-hybridized carbons (Fsp3) is 0.462. The summed E-state index contributed by atoms with van der Waals surface area (Å²) in [5.41, 5.74) is 0.316. The molecule has 1 fully saturated rings. The van der Waals surface area contributed by atoms with Crippen LogP contribution < -0.4 is 15.2 Å². The fourth-order valence-corrected chi connectivity index (χ4v) is 2.56. The predicted octanol–water partition coefficient (Wildman–Crippen LogP) is 1.33. The number of methoxy groups -OCH3 is 1. The molecule has 1 aliphatic carbocycles. The van der Waals surface area contributed by atoms with Crippen molar-refractivity contribution >= 4 is 21.6 Å². The second-order valence-electron chi connectivity index (χ2n) is 5.02. The molecule has 7 heteroatoms. The van der Waals surface area contributed by atoms with Crippen LogP contribution >= 0.6 is 0 Å². The smallest absolute Gasteiger partial charge is 0.238 e. The summed E-state index contributed by atoms with van der Waals surface area (Å²) in [6.07, 6.45) is 2.12. The molecule has 0 heterocycles. The second-order valence-corrected chi connectivity index (χ2v) is 6.58. The van der Waals surface area contributed by atoms with Crippen molar-refractivity contribution in [2.45, 2.75) is 24.7 Å². The number of amides is 1. The molecule has 0 spiro atoms. The minimum absolute atomic E-state index is 0.0623. The van der Waals surface area contributed by atoms with Crippen molar-refractivity contribution in [2.24, 2.45) is 17.0 Å². The summed E-state index contributed by atoms with van der Waals surface area (Å²) in [5.74, 6) is 0.575. The van der Waals surface area contributed by atoms with Crippen molar-refractivity contribution in [1.82, 2.24) is 0 Å². The van der Waals surface area contributed by atoms with Gasteiger partial charge in [0, 0.05) is 5.92 Å². The SMILES string of the molecule is COc1ccc(S(N)(=O)=O)cc1NC(=O)C(C)C1CC1. The van der Waals surface area contributed by atoms with Crippen LogP contribution in [0.2, 0.25) is 0 Å². The zero-order valence-corrected chi connectivity index (χ0v) is 12.2. The quantitative estimate of drug-likeness (QED) is 0.856. The Morgan fingerprint density at radius 3 is 2.60 bits per heavy atom. The number of carbonyl (C=O) groups excluding carboxylic acids is 1. The average Bonchev–Trinajstić information content (AvgIpc) is 3.20. The Kier molecular flexibility index (Phi) is 4.01. The number of carbonyl (C=O) groups is 1.